The maximum atomic E-state index is 5.89. The highest BCUT2D eigenvalue weighted by Crippen LogP contribution is 2.40. The van der Waals surface area contributed by atoms with E-state index in [1.165, 1.54) is 18.6 Å². The van der Waals surface area contributed by atoms with E-state index in [0.29, 0.717) is 4.75 Å². The van der Waals surface area contributed by atoms with Crippen LogP contribution in [0.3, 0.4) is 0 Å². The number of aromatic amines is 1. The molecule has 0 saturated carbocycles. The maximum Gasteiger partial charge on any atom is 0.178 e. The second-order valence-electron chi connectivity index (χ2n) is 6.24. The zero-order valence-electron chi connectivity index (χ0n) is 12.8. The van der Waals surface area contributed by atoms with E-state index in [4.69, 9.17) is 17.0 Å². The molecule has 2 heterocycles. The molecule has 0 spiro atoms. The summed E-state index contributed by atoms with van der Waals surface area (Å²) in [6.07, 6.45) is 2.72. The molecule has 5 heteroatoms. The lowest BCUT2D eigenvalue weighted by molar-refractivity contribution is 0.245. The van der Waals surface area contributed by atoms with Crippen LogP contribution in [0.25, 0.3) is 11.0 Å². The first-order valence-corrected chi connectivity index (χ1v) is 8.90. The number of nitrogens with zero attached hydrogens (tertiary/aromatic N) is 1. The van der Waals surface area contributed by atoms with Gasteiger partial charge in [-0.25, -0.2) is 0 Å². The minimum atomic E-state index is 0.156. The lowest BCUT2D eigenvalue weighted by Crippen LogP contribution is -2.23. The zero-order valence-corrected chi connectivity index (χ0v) is 14.4. The zero-order chi connectivity index (χ0) is 15.0. The van der Waals surface area contributed by atoms with Crippen molar-refractivity contribution in [2.24, 2.45) is 0 Å². The van der Waals surface area contributed by atoms with Crippen molar-refractivity contribution in [3.8, 4) is 5.75 Å². The first-order valence-electron chi connectivity index (χ1n) is 7.51. The third-order valence-corrected chi connectivity index (χ3v) is 5.77. The fraction of sp³-hybridized carbons (Fsp3) is 0.562. The molecule has 1 N–H and O–H groups in total. The summed E-state index contributed by atoms with van der Waals surface area (Å²) in [5.41, 5.74) is 2.16. The van der Waals surface area contributed by atoms with Crippen LogP contribution >= 0.6 is 24.0 Å². The minimum Gasteiger partial charge on any atom is -0.489 e. The molecule has 1 saturated heterocycles. The van der Waals surface area contributed by atoms with Crippen molar-refractivity contribution in [2.45, 2.75) is 51.0 Å². The molecule has 1 aromatic heterocycles. The summed E-state index contributed by atoms with van der Waals surface area (Å²) < 4.78 is 9.21. The van der Waals surface area contributed by atoms with Crippen LogP contribution in [0.2, 0.25) is 0 Å². The summed E-state index contributed by atoms with van der Waals surface area (Å²) in [6, 6.07) is 6.17. The molecule has 3 rings (SSSR count). The number of hydrogen-bond acceptors (Lipinski definition) is 3. The van der Waals surface area contributed by atoms with Crippen molar-refractivity contribution in [3.63, 3.8) is 0 Å². The van der Waals surface area contributed by atoms with E-state index in [9.17, 15) is 0 Å². The molecule has 3 nitrogen and oxygen atoms in total. The van der Waals surface area contributed by atoms with E-state index in [2.05, 4.69) is 34.3 Å². The Morgan fingerprint density at radius 3 is 2.95 bits per heavy atom. The number of imidazole rings is 1. The molecule has 0 aliphatic carbocycles. The van der Waals surface area contributed by atoms with Gasteiger partial charge in [-0.1, -0.05) is 6.07 Å². The van der Waals surface area contributed by atoms with Crippen LogP contribution in [0.5, 0.6) is 5.75 Å². The van der Waals surface area contributed by atoms with Crippen LogP contribution in [0.4, 0.5) is 0 Å². The average Bonchev–Trinajstić information content (AvgIpc) is 2.96. The van der Waals surface area contributed by atoms with Crippen LogP contribution in [0.15, 0.2) is 18.2 Å². The monoisotopic (exact) mass is 322 g/mol. The number of benzene rings is 1. The first-order chi connectivity index (χ1) is 9.98. The highest BCUT2D eigenvalue weighted by molar-refractivity contribution is 8.00. The van der Waals surface area contributed by atoms with Gasteiger partial charge in [0.1, 0.15) is 11.3 Å². The SMILES string of the molecule is CC(C)Oc1cccc2c1[nH]c(=S)n2CC1(C)CCCS1. The Labute approximate surface area is 135 Å². The molecular formula is C16H22N2OS2. The Kier molecular flexibility index (Phi) is 4.06. The first kappa shape index (κ1) is 15.0. The van der Waals surface area contributed by atoms with Crippen molar-refractivity contribution in [2.75, 3.05) is 5.75 Å². The topological polar surface area (TPSA) is 29.9 Å². The van der Waals surface area contributed by atoms with Gasteiger partial charge in [0, 0.05) is 11.3 Å². The molecule has 1 unspecified atom stereocenters. The Bertz CT molecular complexity index is 696. The van der Waals surface area contributed by atoms with Gasteiger partial charge < -0.3 is 14.3 Å². The molecule has 1 atom stereocenters. The minimum absolute atomic E-state index is 0.156. The van der Waals surface area contributed by atoms with Gasteiger partial charge in [0.05, 0.1) is 11.6 Å². The Morgan fingerprint density at radius 2 is 2.29 bits per heavy atom. The van der Waals surface area contributed by atoms with E-state index in [-0.39, 0.29) is 6.10 Å². The summed E-state index contributed by atoms with van der Waals surface area (Å²) in [4.78, 5) is 3.34. The lowest BCUT2D eigenvalue weighted by Gasteiger charge is -2.23. The number of nitrogens with one attached hydrogen (secondary N) is 1. The number of fused-ring (bicyclic) bond motifs is 1. The van der Waals surface area contributed by atoms with Gasteiger partial charge in [-0.2, -0.15) is 11.8 Å². The predicted octanol–water partition coefficient (Wildman–Crippen LogP) is 4.77. The summed E-state index contributed by atoms with van der Waals surface area (Å²) in [5, 5.41) is 0. The second-order valence-corrected chi connectivity index (χ2v) is 8.30. The largest absolute Gasteiger partial charge is 0.489 e. The normalized spacial score (nSPS) is 22.3. The van der Waals surface area contributed by atoms with Crippen molar-refractivity contribution in [1.29, 1.82) is 0 Å². The van der Waals surface area contributed by atoms with Crippen LogP contribution in [-0.4, -0.2) is 26.2 Å². The smallest absolute Gasteiger partial charge is 0.178 e. The molecule has 0 bridgehead atoms. The molecule has 21 heavy (non-hydrogen) atoms. The summed E-state index contributed by atoms with van der Waals surface area (Å²) in [5.74, 6) is 2.14. The lowest BCUT2D eigenvalue weighted by atomic mass is 10.1. The molecule has 0 radical (unpaired) electrons. The van der Waals surface area contributed by atoms with Crippen LogP contribution in [0.1, 0.15) is 33.6 Å². The Balaban J connectivity index is 2.03. The molecule has 1 aliphatic heterocycles. The van der Waals surface area contributed by atoms with E-state index < -0.39 is 0 Å². The number of rotatable bonds is 4. The van der Waals surface area contributed by atoms with Crippen molar-refractivity contribution >= 4 is 35.0 Å². The Hall–Kier alpha value is -0.940. The van der Waals surface area contributed by atoms with Gasteiger partial charge >= 0.3 is 0 Å². The summed E-state index contributed by atoms with van der Waals surface area (Å²) in [6.45, 7) is 7.39. The molecule has 1 fully saturated rings. The van der Waals surface area contributed by atoms with Gasteiger partial charge in [0.25, 0.3) is 0 Å². The van der Waals surface area contributed by atoms with Crippen LogP contribution in [-0.2, 0) is 6.54 Å². The summed E-state index contributed by atoms with van der Waals surface area (Å²) in [7, 11) is 0. The highest BCUT2D eigenvalue weighted by Gasteiger charge is 2.30. The van der Waals surface area contributed by atoms with Gasteiger partial charge in [-0.3, -0.25) is 0 Å². The Morgan fingerprint density at radius 1 is 1.48 bits per heavy atom. The quantitative estimate of drug-likeness (QED) is 0.822. The molecule has 1 aliphatic rings. The van der Waals surface area contributed by atoms with E-state index in [1.54, 1.807) is 0 Å². The van der Waals surface area contributed by atoms with E-state index >= 15 is 0 Å². The maximum absolute atomic E-state index is 5.89. The third-order valence-electron chi connectivity index (χ3n) is 3.93. The third kappa shape index (κ3) is 2.99. The van der Waals surface area contributed by atoms with E-state index in [1.807, 2.05) is 26.0 Å². The van der Waals surface area contributed by atoms with Crippen molar-refractivity contribution in [1.82, 2.24) is 9.55 Å². The highest BCUT2D eigenvalue weighted by atomic mass is 32.2. The number of ether oxygens (including phenoxy) is 1. The number of para-hydroxylation sites is 1. The molecule has 0 amide bonds. The summed E-state index contributed by atoms with van der Waals surface area (Å²) >= 11 is 7.62. The average molecular weight is 322 g/mol. The van der Waals surface area contributed by atoms with Gasteiger partial charge in [0.15, 0.2) is 4.77 Å². The number of thioether (sulfide) groups is 1. The number of aromatic nitrogens is 2. The standard InChI is InChI=1S/C16H22N2OS2/c1-11(2)19-13-7-4-6-12-14(13)17-15(20)18(12)10-16(3)8-5-9-21-16/h4,6-7,11H,5,8-10H2,1-3H3,(H,17,20). The molecular weight excluding hydrogens is 300 g/mol. The van der Waals surface area contributed by atoms with Crippen molar-refractivity contribution in [3.05, 3.63) is 23.0 Å². The van der Waals surface area contributed by atoms with Crippen LogP contribution in [0, 0.1) is 4.77 Å². The molecule has 1 aromatic carbocycles. The van der Waals surface area contributed by atoms with Gasteiger partial charge in [0.2, 0.25) is 0 Å². The van der Waals surface area contributed by atoms with E-state index in [0.717, 1.165) is 28.1 Å². The van der Waals surface area contributed by atoms with Gasteiger partial charge in [-0.15, -0.1) is 0 Å². The molecule has 114 valence electrons. The van der Waals surface area contributed by atoms with Crippen molar-refractivity contribution < 1.29 is 4.74 Å². The molecule has 2 aromatic rings. The van der Waals surface area contributed by atoms with Gasteiger partial charge in [-0.05, 0) is 63.7 Å². The van der Waals surface area contributed by atoms with Crippen LogP contribution < -0.4 is 4.74 Å². The number of H-pyrrole nitrogens is 1. The predicted molar refractivity (Wildman–Crippen MR) is 93.0 cm³/mol. The second kappa shape index (κ2) is 5.69. The fourth-order valence-corrected chi connectivity index (χ4v) is 4.51. The fourth-order valence-electron chi connectivity index (χ4n) is 2.96. The number of hydrogen-bond donors (Lipinski definition) is 1.